The Labute approximate surface area is 48.8 Å². The Morgan fingerprint density at radius 3 is 2.62 bits per heavy atom. The smallest absolute Gasteiger partial charge is 0.105 e. The molecular weight excluding hydrogens is 107 g/mol. The van der Waals surface area contributed by atoms with Crippen LogP contribution in [0.4, 0.5) is 4.39 Å². The Bertz CT molecular complexity index is 66.2. The van der Waals surface area contributed by atoms with Crippen molar-refractivity contribution in [3.8, 4) is 0 Å². The SMILES string of the molecule is CCOC1CC(F)C1. The van der Waals surface area contributed by atoms with Gasteiger partial charge in [-0.2, -0.15) is 0 Å². The van der Waals surface area contributed by atoms with Gasteiger partial charge in [0.15, 0.2) is 0 Å². The number of rotatable bonds is 2. The molecule has 0 heterocycles. The Morgan fingerprint density at radius 2 is 2.25 bits per heavy atom. The summed E-state index contributed by atoms with van der Waals surface area (Å²) in [7, 11) is 0. The molecule has 1 aliphatic carbocycles. The highest BCUT2D eigenvalue weighted by atomic mass is 19.1. The van der Waals surface area contributed by atoms with Crippen LogP contribution in [0.3, 0.4) is 0 Å². The van der Waals surface area contributed by atoms with Crippen molar-refractivity contribution in [3.05, 3.63) is 0 Å². The molecule has 48 valence electrons. The lowest BCUT2D eigenvalue weighted by molar-refractivity contribution is -0.0354. The van der Waals surface area contributed by atoms with Gasteiger partial charge in [-0.05, 0) is 6.92 Å². The van der Waals surface area contributed by atoms with Crippen molar-refractivity contribution in [2.45, 2.75) is 32.0 Å². The number of hydrogen-bond acceptors (Lipinski definition) is 1. The normalized spacial score (nSPS) is 36.8. The highest BCUT2D eigenvalue weighted by Gasteiger charge is 2.28. The van der Waals surface area contributed by atoms with Crippen LogP contribution in [0.2, 0.25) is 0 Å². The molecule has 0 aromatic heterocycles. The van der Waals surface area contributed by atoms with Gasteiger partial charge in [0.25, 0.3) is 0 Å². The number of ether oxygens (including phenoxy) is 1. The lowest BCUT2D eigenvalue weighted by Crippen LogP contribution is -2.32. The molecule has 8 heavy (non-hydrogen) atoms. The molecule has 0 amide bonds. The Hall–Kier alpha value is -0.110. The summed E-state index contributed by atoms with van der Waals surface area (Å²) in [5.74, 6) is 0. The second-order valence-corrected chi connectivity index (χ2v) is 2.15. The van der Waals surface area contributed by atoms with Crippen LogP contribution in [0.1, 0.15) is 19.8 Å². The number of halogens is 1. The van der Waals surface area contributed by atoms with Crippen LogP contribution in [0.25, 0.3) is 0 Å². The fourth-order valence-electron chi connectivity index (χ4n) is 0.873. The monoisotopic (exact) mass is 118 g/mol. The van der Waals surface area contributed by atoms with E-state index in [0.717, 1.165) is 6.61 Å². The van der Waals surface area contributed by atoms with Gasteiger partial charge in [0.05, 0.1) is 6.10 Å². The Balaban J connectivity index is 1.98. The van der Waals surface area contributed by atoms with Crippen molar-refractivity contribution in [1.82, 2.24) is 0 Å². The molecule has 0 saturated heterocycles. The maximum absolute atomic E-state index is 12.0. The third kappa shape index (κ3) is 1.19. The lowest BCUT2D eigenvalue weighted by Gasteiger charge is -2.28. The van der Waals surface area contributed by atoms with Crippen LogP contribution in [0, 0.1) is 0 Å². The van der Waals surface area contributed by atoms with Gasteiger partial charge < -0.3 is 4.74 Å². The van der Waals surface area contributed by atoms with Crippen LogP contribution >= 0.6 is 0 Å². The van der Waals surface area contributed by atoms with E-state index in [1.165, 1.54) is 0 Å². The van der Waals surface area contributed by atoms with Crippen molar-refractivity contribution in [1.29, 1.82) is 0 Å². The van der Waals surface area contributed by atoms with E-state index in [4.69, 9.17) is 4.74 Å². The molecule has 0 aromatic rings. The summed E-state index contributed by atoms with van der Waals surface area (Å²) in [5.41, 5.74) is 0. The van der Waals surface area contributed by atoms with E-state index >= 15 is 0 Å². The van der Waals surface area contributed by atoms with Crippen LogP contribution in [0.15, 0.2) is 0 Å². The van der Waals surface area contributed by atoms with Gasteiger partial charge in [-0.3, -0.25) is 0 Å². The topological polar surface area (TPSA) is 9.23 Å². The molecule has 2 heteroatoms. The summed E-state index contributed by atoms with van der Waals surface area (Å²) in [6.07, 6.45) is 0.892. The van der Waals surface area contributed by atoms with E-state index in [9.17, 15) is 4.39 Å². The summed E-state index contributed by atoms with van der Waals surface area (Å²) in [6.45, 7) is 2.66. The number of alkyl halides is 1. The predicted octanol–water partition coefficient (Wildman–Crippen LogP) is 1.52. The maximum Gasteiger partial charge on any atom is 0.105 e. The van der Waals surface area contributed by atoms with Gasteiger partial charge in [0.1, 0.15) is 6.17 Å². The van der Waals surface area contributed by atoms with Gasteiger partial charge in [0.2, 0.25) is 0 Å². The summed E-state index contributed by atoms with van der Waals surface area (Å²) in [4.78, 5) is 0. The first kappa shape index (κ1) is 6.02. The zero-order valence-corrected chi connectivity index (χ0v) is 5.06. The quantitative estimate of drug-likeness (QED) is 0.534. The molecule has 0 aromatic carbocycles. The van der Waals surface area contributed by atoms with Crippen LogP contribution in [-0.4, -0.2) is 18.9 Å². The van der Waals surface area contributed by atoms with E-state index in [-0.39, 0.29) is 6.10 Å². The summed E-state index contributed by atoms with van der Waals surface area (Å²) in [6, 6.07) is 0. The van der Waals surface area contributed by atoms with E-state index in [1.54, 1.807) is 0 Å². The summed E-state index contributed by atoms with van der Waals surface area (Å²) >= 11 is 0. The van der Waals surface area contributed by atoms with E-state index in [2.05, 4.69) is 0 Å². The molecule has 1 rings (SSSR count). The average molecular weight is 118 g/mol. The first-order chi connectivity index (χ1) is 3.83. The predicted molar refractivity (Wildman–Crippen MR) is 29.5 cm³/mol. The first-order valence-corrected chi connectivity index (χ1v) is 3.08. The minimum atomic E-state index is -0.577. The molecule has 0 unspecified atom stereocenters. The van der Waals surface area contributed by atoms with Crippen molar-refractivity contribution < 1.29 is 9.13 Å². The third-order valence-electron chi connectivity index (χ3n) is 1.44. The van der Waals surface area contributed by atoms with Crippen LogP contribution in [0.5, 0.6) is 0 Å². The lowest BCUT2D eigenvalue weighted by atomic mass is 9.94. The molecule has 0 aliphatic heterocycles. The van der Waals surface area contributed by atoms with Crippen LogP contribution in [-0.2, 0) is 4.74 Å². The van der Waals surface area contributed by atoms with Crippen molar-refractivity contribution in [3.63, 3.8) is 0 Å². The van der Waals surface area contributed by atoms with Gasteiger partial charge in [0, 0.05) is 19.4 Å². The number of hydrogen-bond donors (Lipinski definition) is 0. The molecule has 1 saturated carbocycles. The van der Waals surface area contributed by atoms with E-state index in [0.29, 0.717) is 12.8 Å². The minimum Gasteiger partial charge on any atom is -0.378 e. The molecule has 0 atom stereocenters. The fourth-order valence-corrected chi connectivity index (χ4v) is 0.873. The second kappa shape index (κ2) is 2.44. The second-order valence-electron chi connectivity index (χ2n) is 2.15. The van der Waals surface area contributed by atoms with Gasteiger partial charge in [-0.1, -0.05) is 0 Å². The molecule has 1 fully saturated rings. The van der Waals surface area contributed by atoms with Crippen molar-refractivity contribution >= 4 is 0 Å². The average Bonchev–Trinajstić information content (AvgIpc) is 1.64. The zero-order chi connectivity index (χ0) is 5.98. The molecule has 0 spiro atoms. The van der Waals surface area contributed by atoms with E-state index in [1.807, 2.05) is 6.92 Å². The van der Waals surface area contributed by atoms with E-state index < -0.39 is 6.17 Å². The molecular formula is C6H11FO. The van der Waals surface area contributed by atoms with Gasteiger partial charge >= 0.3 is 0 Å². The zero-order valence-electron chi connectivity index (χ0n) is 5.06. The molecule has 0 bridgehead atoms. The first-order valence-electron chi connectivity index (χ1n) is 3.08. The molecule has 0 radical (unpaired) electrons. The Morgan fingerprint density at radius 1 is 1.62 bits per heavy atom. The third-order valence-corrected chi connectivity index (χ3v) is 1.44. The maximum atomic E-state index is 12.0. The Kier molecular flexibility index (Phi) is 1.84. The summed E-state index contributed by atoms with van der Waals surface area (Å²) < 4.78 is 17.1. The van der Waals surface area contributed by atoms with Crippen LogP contribution < -0.4 is 0 Å². The molecule has 1 aliphatic rings. The largest absolute Gasteiger partial charge is 0.378 e. The van der Waals surface area contributed by atoms with Crippen molar-refractivity contribution in [2.24, 2.45) is 0 Å². The molecule has 1 nitrogen and oxygen atoms in total. The molecule has 0 N–H and O–H groups in total. The van der Waals surface area contributed by atoms with Gasteiger partial charge in [-0.25, -0.2) is 4.39 Å². The van der Waals surface area contributed by atoms with Crippen molar-refractivity contribution in [2.75, 3.05) is 6.61 Å². The van der Waals surface area contributed by atoms with Gasteiger partial charge in [-0.15, -0.1) is 0 Å². The fraction of sp³-hybridized carbons (Fsp3) is 1.00. The minimum absolute atomic E-state index is 0.231. The highest BCUT2D eigenvalue weighted by Crippen LogP contribution is 2.25. The standard InChI is InChI=1S/C6H11FO/c1-2-8-6-3-5(7)4-6/h5-6H,2-4H2,1H3. The summed E-state index contributed by atoms with van der Waals surface area (Å²) in [5, 5.41) is 0. The highest BCUT2D eigenvalue weighted by molar-refractivity contribution is 4.79.